The van der Waals surface area contributed by atoms with E-state index >= 15 is 0 Å². The molecule has 3 heterocycles. The summed E-state index contributed by atoms with van der Waals surface area (Å²) >= 11 is 1.56. The third-order valence-electron chi connectivity index (χ3n) is 4.60. The molecule has 4 rings (SSSR count). The van der Waals surface area contributed by atoms with Crippen LogP contribution >= 0.6 is 11.3 Å². The monoisotopic (exact) mass is 337 g/mol. The predicted octanol–water partition coefficient (Wildman–Crippen LogP) is 4.01. The number of likely N-dealkylation sites (tertiary alicyclic amines) is 1. The van der Waals surface area contributed by atoms with E-state index in [0.29, 0.717) is 0 Å². The van der Waals surface area contributed by atoms with Gasteiger partial charge in [0.05, 0.1) is 11.6 Å². The molecule has 2 aromatic heterocycles. The number of aryl methyl sites for hydroxylation is 1. The second-order valence-electron chi connectivity index (χ2n) is 6.16. The molecule has 1 aliphatic heterocycles. The number of thiophene rings is 1. The molecule has 1 atom stereocenters. The smallest absolute Gasteiger partial charge is 0.254 e. The summed E-state index contributed by atoms with van der Waals surface area (Å²) in [6, 6.07) is 12.4. The van der Waals surface area contributed by atoms with Crippen LogP contribution in [0.5, 0.6) is 0 Å². The second-order valence-corrected chi connectivity index (χ2v) is 6.94. The summed E-state index contributed by atoms with van der Waals surface area (Å²) in [5.74, 6) is 1.13. The highest BCUT2D eigenvalue weighted by atomic mass is 32.1. The molecule has 1 aromatic carbocycles. The third-order valence-corrected chi connectivity index (χ3v) is 5.28. The van der Waals surface area contributed by atoms with Crippen LogP contribution in [0, 0.1) is 6.92 Å². The zero-order chi connectivity index (χ0) is 16.5. The zero-order valence-corrected chi connectivity index (χ0v) is 14.4. The molecule has 0 aliphatic carbocycles. The van der Waals surface area contributed by atoms with Gasteiger partial charge in [0, 0.05) is 35.9 Å². The van der Waals surface area contributed by atoms with E-state index in [4.69, 9.17) is 0 Å². The number of carbonyl (C=O) groups is 1. The summed E-state index contributed by atoms with van der Waals surface area (Å²) in [5, 5.41) is 3.88. The molecule has 1 amide bonds. The highest BCUT2D eigenvalue weighted by Crippen LogP contribution is 2.30. The predicted molar refractivity (Wildman–Crippen MR) is 96.3 cm³/mol. The molecule has 1 saturated heterocycles. The van der Waals surface area contributed by atoms with E-state index in [-0.39, 0.29) is 11.9 Å². The maximum Gasteiger partial charge on any atom is 0.254 e. The number of amides is 1. The summed E-state index contributed by atoms with van der Waals surface area (Å²) in [7, 11) is 0. The Labute approximate surface area is 145 Å². The molecular formula is C19H19N3OS. The Kier molecular flexibility index (Phi) is 3.94. The topological polar surface area (TPSA) is 38.1 Å². The number of aromatic nitrogens is 2. The van der Waals surface area contributed by atoms with E-state index in [2.05, 4.69) is 28.6 Å². The van der Waals surface area contributed by atoms with Gasteiger partial charge in [0.15, 0.2) is 0 Å². The van der Waals surface area contributed by atoms with Gasteiger partial charge < -0.3 is 9.47 Å². The maximum atomic E-state index is 12.6. The van der Waals surface area contributed by atoms with Crippen molar-refractivity contribution in [1.82, 2.24) is 14.5 Å². The van der Waals surface area contributed by atoms with Crippen molar-refractivity contribution in [3.05, 3.63) is 64.6 Å². The summed E-state index contributed by atoms with van der Waals surface area (Å²) in [5.41, 5.74) is 3.06. The minimum Gasteiger partial charge on any atom is -0.336 e. The van der Waals surface area contributed by atoms with Crippen molar-refractivity contribution in [2.75, 3.05) is 13.1 Å². The number of hydrogen-bond donors (Lipinski definition) is 0. The van der Waals surface area contributed by atoms with Crippen molar-refractivity contribution in [3.8, 4) is 11.4 Å². The van der Waals surface area contributed by atoms with Crippen LogP contribution < -0.4 is 0 Å². The number of imidazole rings is 1. The van der Waals surface area contributed by atoms with Crippen molar-refractivity contribution in [2.24, 2.45) is 0 Å². The lowest BCUT2D eigenvalue weighted by atomic mass is 10.2. The lowest BCUT2D eigenvalue weighted by molar-refractivity contribution is 0.0788. The molecule has 4 nitrogen and oxygen atoms in total. The fraction of sp³-hybridized carbons (Fsp3) is 0.263. The largest absolute Gasteiger partial charge is 0.336 e. The van der Waals surface area contributed by atoms with Crippen LogP contribution in [0.2, 0.25) is 0 Å². The van der Waals surface area contributed by atoms with E-state index in [1.807, 2.05) is 46.1 Å². The Morgan fingerprint density at radius 3 is 2.83 bits per heavy atom. The molecule has 0 radical (unpaired) electrons. The van der Waals surface area contributed by atoms with E-state index in [1.165, 1.54) is 0 Å². The Morgan fingerprint density at radius 2 is 2.08 bits per heavy atom. The Balaban J connectivity index is 1.60. The summed E-state index contributed by atoms with van der Waals surface area (Å²) in [4.78, 5) is 19.1. The quantitative estimate of drug-likeness (QED) is 0.724. The number of rotatable bonds is 3. The Bertz CT molecular complexity index is 839. The first kappa shape index (κ1) is 15.1. The van der Waals surface area contributed by atoms with Gasteiger partial charge in [-0.1, -0.05) is 30.3 Å². The van der Waals surface area contributed by atoms with Gasteiger partial charge >= 0.3 is 0 Å². The van der Waals surface area contributed by atoms with E-state index < -0.39 is 0 Å². The fourth-order valence-corrected chi connectivity index (χ4v) is 4.04. The molecule has 24 heavy (non-hydrogen) atoms. The van der Waals surface area contributed by atoms with Gasteiger partial charge in [0.1, 0.15) is 5.82 Å². The second kappa shape index (κ2) is 6.24. The van der Waals surface area contributed by atoms with Crippen molar-refractivity contribution in [3.63, 3.8) is 0 Å². The lowest BCUT2D eigenvalue weighted by Crippen LogP contribution is -2.29. The van der Waals surface area contributed by atoms with Crippen LogP contribution in [-0.4, -0.2) is 33.4 Å². The van der Waals surface area contributed by atoms with Crippen LogP contribution in [0.3, 0.4) is 0 Å². The standard InChI is InChI=1S/C19H19N3OS/c1-14-11-20-18(15-5-3-2-4-6-15)22(14)17-7-9-21(12-17)19(23)16-8-10-24-13-16/h2-6,8,10-11,13,17H,7,9,12H2,1H3. The van der Waals surface area contributed by atoms with Crippen LogP contribution in [-0.2, 0) is 0 Å². The number of carbonyl (C=O) groups excluding carboxylic acids is 1. The zero-order valence-electron chi connectivity index (χ0n) is 13.6. The van der Waals surface area contributed by atoms with Gasteiger partial charge in [-0.2, -0.15) is 11.3 Å². The first-order valence-electron chi connectivity index (χ1n) is 8.15. The maximum absolute atomic E-state index is 12.6. The number of nitrogens with zero attached hydrogens (tertiary/aromatic N) is 3. The molecular weight excluding hydrogens is 318 g/mol. The Hall–Kier alpha value is -2.40. The highest BCUT2D eigenvalue weighted by molar-refractivity contribution is 7.08. The molecule has 0 saturated carbocycles. The summed E-state index contributed by atoms with van der Waals surface area (Å²) in [6.07, 6.45) is 2.89. The summed E-state index contributed by atoms with van der Waals surface area (Å²) < 4.78 is 2.29. The molecule has 0 N–H and O–H groups in total. The minimum absolute atomic E-state index is 0.137. The van der Waals surface area contributed by atoms with Gasteiger partial charge in [0.25, 0.3) is 5.91 Å². The molecule has 5 heteroatoms. The Morgan fingerprint density at radius 1 is 1.25 bits per heavy atom. The normalized spacial score (nSPS) is 17.4. The molecule has 1 fully saturated rings. The van der Waals surface area contributed by atoms with Crippen molar-refractivity contribution < 1.29 is 4.79 Å². The van der Waals surface area contributed by atoms with Crippen LogP contribution in [0.25, 0.3) is 11.4 Å². The fourth-order valence-electron chi connectivity index (χ4n) is 3.41. The SMILES string of the molecule is Cc1cnc(-c2ccccc2)n1C1CCN(C(=O)c2ccsc2)C1. The molecule has 0 spiro atoms. The van der Waals surface area contributed by atoms with Crippen LogP contribution in [0.4, 0.5) is 0 Å². The van der Waals surface area contributed by atoms with Gasteiger partial charge in [-0.25, -0.2) is 4.98 Å². The molecule has 3 aromatic rings. The third kappa shape index (κ3) is 2.65. The highest BCUT2D eigenvalue weighted by Gasteiger charge is 2.30. The molecule has 1 aliphatic rings. The van der Waals surface area contributed by atoms with E-state index in [0.717, 1.165) is 42.2 Å². The molecule has 1 unspecified atom stereocenters. The average Bonchev–Trinajstić information content (AvgIpc) is 3.35. The van der Waals surface area contributed by atoms with Gasteiger partial charge in [-0.3, -0.25) is 4.79 Å². The van der Waals surface area contributed by atoms with Gasteiger partial charge in [0.2, 0.25) is 0 Å². The average molecular weight is 337 g/mol. The van der Waals surface area contributed by atoms with Gasteiger partial charge in [-0.05, 0) is 24.8 Å². The number of benzene rings is 1. The summed E-state index contributed by atoms with van der Waals surface area (Å²) in [6.45, 7) is 3.62. The van der Waals surface area contributed by atoms with Crippen LogP contribution in [0.1, 0.15) is 28.5 Å². The van der Waals surface area contributed by atoms with Crippen LogP contribution in [0.15, 0.2) is 53.4 Å². The molecule has 0 bridgehead atoms. The van der Waals surface area contributed by atoms with E-state index in [9.17, 15) is 4.79 Å². The first-order valence-corrected chi connectivity index (χ1v) is 9.09. The minimum atomic E-state index is 0.137. The van der Waals surface area contributed by atoms with Gasteiger partial charge in [-0.15, -0.1) is 0 Å². The molecule has 122 valence electrons. The first-order chi connectivity index (χ1) is 11.7. The van der Waals surface area contributed by atoms with Crippen molar-refractivity contribution in [1.29, 1.82) is 0 Å². The van der Waals surface area contributed by atoms with Crippen molar-refractivity contribution >= 4 is 17.2 Å². The van der Waals surface area contributed by atoms with Crippen molar-refractivity contribution in [2.45, 2.75) is 19.4 Å². The van der Waals surface area contributed by atoms with E-state index in [1.54, 1.807) is 11.3 Å². The number of hydrogen-bond acceptors (Lipinski definition) is 3. The lowest BCUT2D eigenvalue weighted by Gasteiger charge is -2.19.